The molecule has 29 nitrogen and oxygen atoms in total. The highest BCUT2D eigenvalue weighted by molar-refractivity contribution is 5.87. The van der Waals surface area contributed by atoms with E-state index in [2.05, 4.69) is 26.6 Å². The summed E-state index contributed by atoms with van der Waals surface area (Å²) in [6.07, 6.45) is 34.8. The minimum atomic E-state index is -1.15. The first kappa shape index (κ1) is 112. The first-order valence-corrected chi connectivity index (χ1v) is 43.6. The smallest absolute Gasteiger partial charge is 0.326 e. The Morgan fingerprint density at radius 2 is 0.565 bits per heavy atom. The number of nitrogens with two attached hydrogens (primary N) is 5. The molecule has 0 aliphatic rings. The molecular formula is C86H158N10O19. The molecule has 0 saturated heterocycles. The van der Waals surface area contributed by atoms with Crippen molar-refractivity contribution in [3.63, 3.8) is 0 Å². The van der Waals surface area contributed by atoms with Crippen LogP contribution in [0.5, 0.6) is 0 Å². The molecule has 19 N–H and O–H groups in total. The van der Waals surface area contributed by atoms with Gasteiger partial charge in [0.1, 0.15) is 40.7 Å². The average Bonchev–Trinajstić information content (AvgIpc) is 0.927. The highest BCUT2D eigenvalue weighted by Gasteiger charge is 2.25. The number of ketones is 6. The van der Waals surface area contributed by atoms with E-state index in [-0.39, 0.29) is 127 Å². The Balaban J connectivity index is -0.00000201. The zero-order valence-electron chi connectivity index (χ0n) is 71.8. The maximum absolute atomic E-state index is 12.4. The van der Waals surface area contributed by atoms with Crippen molar-refractivity contribution in [3.8, 4) is 0 Å². The average molecular weight is 1640 g/mol. The summed E-state index contributed by atoms with van der Waals surface area (Å²) in [7, 11) is 0. The van der Waals surface area contributed by atoms with Crippen LogP contribution in [0.2, 0.25) is 0 Å². The highest BCUT2D eigenvalue weighted by atomic mass is 16.4. The molecule has 0 radical (unpaired) electrons. The van der Waals surface area contributed by atoms with Crippen molar-refractivity contribution < 1.29 is 92.3 Å². The van der Waals surface area contributed by atoms with E-state index in [4.69, 9.17) is 38.9 Å². The number of carbonyl (C=O) groups is 15. The first-order chi connectivity index (χ1) is 54.4. The summed E-state index contributed by atoms with van der Waals surface area (Å²) in [5, 5.41) is 50.2. The molecule has 0 saturated carbocycles. The van der Waals surface area contributed by atoms with Gasteiger partial charge >= 0.3 is 23.9 Å². The molecule has 0 aromatic heterocycles. The molecule has 5 amide bonds. The van der Waals surface area contributed by atoms with Crippen LogP contribution in [0.4, 0.5) is 0 Å². The zero-order chi connectivity index (χ0) is 87.2. The normalized spacial score (nSPS) is 13.3. The molecule has 0 heterocycles. The quantitative estimate of drug-likeness (QED) is 0.0252. The minimum Gasteiger partial charge on any atom is -0.481 e. The van der Waals surface area contributed by atoms with Crippen LogP contribution in [-0.2, 0) is 71.9 Å². The molecular weight excluding hydrogens is 1480 g/mol. The van der Waals surface area contributed by atoms with Gasteiger partial charge in [0.2, 0.25) is 29.5 Å². The summed E-state index contributed by atoms with van der Waals surface area (Å²) >= 11 is 0. The topological polar surface area (TPSA) is 527 Å². The Morgan fingerprint density at radius 3 is 0.861 bits per heavy atom. The number of rotatable bonds is 75. The Kier molecular flexibility index (Phi) is 71.6. The third kappa shape index (κ3) is 73.2. The minimum absolute atomic E-state index is 0.0282. The number of hydrogen-bond donors (Lipinski definition) is 14. The fraction of sp³-hybridized carbons (Fsp3) is 0.826. The summed E-state index contributed by atoms with van der Waals surface area (Å²) in [6, 6.07) is -4.12. The van der Waals surface area contributed by atoms with Crippen molar-refractivity contribution >= 4 is 88.1 Å². The Morgan fingerprint density at radius 1 is 0.296 bits per heavy atom. The molecule has 0 aromatic rings. The maximum Gasteiger partial charge on any atom is 0.326 e. The molecule has 0 fully saturated rings. The van der Waals surface area contributed by atoms with E-state index in [0.717, 1.165) is 154 Å². The molecule has 0 spiro atoms. The Hall–Kier alpha value is -6.95. The monoisotopic (exact) mass is 1640 g/mol. The molecule has 666 valence electrons. The third-order valence-corrected chi connectivity index (χ3v) is 20.7. The lowest BCUT2D eigenvalue weighted by molar-refractivity contribution is -0.144. The van der Waals surface area contributed by atoms with Gasteiger partial charge in [-0.25, -0.2) is 4.79 Å². The molecule has 115 heavy (non-hydrogen) atoms. The van der Waals surface area contributed by atoms with E-state index < -0.39 is 66.0 Å². The molecule has 0 bridgehead atoms. The van der Waals surface area contributed by atoms with Crippen molar-refractivity contribution in [3.05, 3.63) is 0 Å². The van der Waals surface area contributed by atoms with Crippen LogP contribution in [0.25, 0.3) is 0 Å². The van der Waals surface area contributed by atoms with E-state index in [1.165, 1.54) is 6.92 Å². The van der Waals surface area contributed by atoms with Gasteiger partial charge in [-0.1, -0.05) is 163 Å². The van der Waals surface area contributed by atoms with Crippen LogP contribution >= 0.6 is 0 Å². The van der Waals surface area contributed by atoms with Gasteiger partial charge in [0.15, 0.2) is 0 Å². The lowest BCUT2D eigenvalue weighted by atomic mass is 9.92. The number of hydrogen-bond acceptors (Lipinski definition) is 20. The van der Waals surface area contributed by atoms with Gasteiger partial charge in [-0.2, -0.15) is 0 Å². The van der Waals surface area contributed by atoms with E-state index in [9.17, 15) is 82.1 Å². The summed E-state index contributed by atoms with van der Waals surface area (Å²) < 4.78 is 0. The van der Waals surface area contributed by atoms with Crippen LogP contribution in [0.15, 0.2) is 0 Å². The molecule has 0 aliphatic carbocycles. The number of carboxylic acids is 4. The fourth-order valence-corrected chi connectivity index (χ4v) is 12.2. The van der Waals surface area contributed by atoms with Gasteiger partial charge in [-0.05, 0) is 156 Å². The van der Waals surface area contributed by atoms with Gasteiger partial charge in [-0.3, -0.25) is 67.1 Å². The van der Waals surface area contributed by atoms with Gasteiger partial charge in [-0.15, -0.1) is 0 Å². The summed E-state index contributed by atoms with van der Waals surface area (Å²) in [6.45, 7) is 14.2. The molecule has 29 heteroatoms. The number of unbranched alkanes of at least 4 members (excludes halogenated alkanes) is 26. The summed E-state index contributed by atoms with van der Waals surface area (Å²) in [5.41, 5.74) is 29.6. The predicted molar refractivity (Wildman–Crippen MR) is 449 cm³/mol. The van der Waals surface area contributed by atoms with Crippen LogP contribution in [0.3, 0.4) is 0 Å². The number of amides is 5. The lowest BCUT2D eigenvalue weighted by Gasteiger charge is -2.14. The van der Waals surface area contributed by atoms with Gasteiger partial charge in [0.05, 0.1) is 36.1 Å². The number of nitrogens with one attached hydrogen (secondary N) is 5. The van der Waals surface area contributed by atoms with Crippen molar-refractivity contribution in [2.24, 2.45) is 45.9 Å². The van der Waals surface area contributed by atoms with Gasteiger partial charge in [0.25, 0.3) is 0 Å². The van der Waals surface area contributed by atoms with E-state index >= 15 is 0 Å². The van der Waals surface area contributed by atoms with E-state index in [1.54, 1.807) is 13.8 Å². The number of aliphatic carboxylic acids is 4. The van der Waals surface area contributed by atoms with Crippen LogP contribution in [-0.4, -0.2) is 171 Å². The molecule has 0 aromatic carbocycles. The van der Waals surface area contributed by atoms with Crippen molar-refractivity contribution in [1.82, 2.24) is 26.6 Å². The standard InChI is InChI=1S/2C40H73N5O9.C6H12O/c1-30(31(2)46)20-16-18-28-43-39(52)34(42)23-17-19-29-44-38(51)33(41)22-13-11-12-21-32(47)26-27-35(40(53)54)45-36(48)24-14-9-7-5-3-4-6-8-10-15-25-37(49)50;1-30(46)34(41)21-15-17-27-44-39(52)36(43)23-16-18-28-45-38(51)35(42)22-13-10-12-19-32(47)26-25-31(40(53)54)29-33(48)20-11-8-6-4-2-3-5-7-9-14-24-37(49)50;1-5(7)6(2,3)4/h30,33-35H,3-29,41-42H2,1-2H3,(H,43,52)(H,44,51)(H,45,48)(H,49,50)(H,53,54);31,34-36H,2-29,41-43H2,1H3,(H,44,52)(H,45,51)(H,49,50)(H,53,54);1-4H3/t30-,33-,34-,35-;31-,34+,35+,36+;/m01./s1. The van der Waals surface area contributed by atoms with E-state index in [0.29, 0.717) is 148 Å². The Bertz CT molecular complexity index is 2580. The Labute approximate surface area is 688 Å². The second-order valence-electron chi connectivity index (χ2n) is 32.6. The molecule has 0 aliphatic heterocycles. The second-order valence-corrected chi connectivity index (χ2v) is 32.6. The largest absolute Gasteiger partial charge is 0.481 e. The maximum atomic E-state index is 12.4. The fourth-order valence-electron chi connectivity index (χ4n) is 12.2. The van der Waals surface area contributed by atoms with Crippen LogP contribution < -0.4 is 55.3 Å². The molecule has 8 atom stereocenters. The molecule has 0 rings (SSSR count). The van der Waals surface area contributed by atoms with Gasteiger partial charge in [0, 0.05) is 95.3 Å². The second kappa shape index (κ2) is 73.4. The van der Waals surface area contributed by atoms with E-state index in [1.807, 2.05) is 27.7 Å². The van der Waals surface area contributed by atoms with Crippen LogP contribution in [0.1, 0.15) is 376 Å². The number of carbonyl (C=O) groups excluding carboxylic acids is 11. The van der Waals surface area contributed by atoms with Crippen molar-refractivity contribution in [1.29, 1.82) is 0 Å². The van der Waals surface area contributed by atoms with Crippen molar-refractivity contribution in [2.75, 3.05) is 26.2 Å². The predicted octanol–water partition coefficient (Wildman–Crippen LogP) is 11.6. The zero-order valence-corrected chi connectivity index (χ0v) is 71.8. The summed E-state index contributed by atoms with van der Waals surface area (Å²) in [5.74, 6) is -5.52. The van der Waals surface area contributed by atoms with Gasteiger partial charge < -0.3 is 75.7 Å². The SMILES string of the molecule is CC(=O)C(C)(C)C.CC(=O)[C@@H](C)CCCCNC(=O)[C@@H](N)CCCCNC(=O)[C@@H](N)CCCCCC(=O)CC[C@H](NC(=O)CCCCCCCCCCCCC(=O)O)C(=O)O.CC(=O)[C@@H](N)CCCCNC(=O)[C@@H](N)CCCCNC(=O)[C@@H](N)CCCCCC(=O)CC[C@H](CC(=O)CCCCCCCCCCCCC(=O)O)C(=O)O. The summed E-state index contributed by atoms with van der Waals surface area (Å²) in [4.78, 5) is 176. The lowest BCUT2D eigenvalue weighted by Crippen LogP contribution is -2.42. The third-order valence-electron chi connectivity index (χ3n) is 20.7. The highest BCUT2D eigenvalue weighted by Crippen LogP contribution is 2.20. The van der Waals surface area contributed by atoms with Crippen LogP contribution in [0, 0.1) is 17.3 Å². The number of Topliss-reactive ketones (excluding diaryl/α,β-unsaturated/α-hetero) is 6. The first-order valence-electron chi connectivity index (χ1n) is 43.6. The number of carboxylic acid groups (broad SMARTS) is 4. The molecule has 0 unspecified atom stereocenters. The van der Waals surface area contributed by atoms with Crippen molar-refractivity contribution in [2.45, 2.75) is 412 Å².